The molecule has 0 atom stereocenters. The van der Waals surface area contributed by atoms with E-state index in [-0.39, 0.29) is 32.4 Å². The number of benzene rings is 3. The van der Waals surface area contributed by atoms with E-state index in [1.165, 1.54) is 72.8 Å². The molecule has 0 fully saturated rings. The molecule has 0 spiro atoms. The van der Waals surface area contributed by atoms with Crippen LogP contribution in [0.5, 0.6) is 0 Å². The van der Waals surface area contributed by atoms with E-state index in [9.17, 15) is 43.2 Å². The monoisotopic (exact) mass is 669 g/mol. The molecule has 0 aliphatic carbocycles. The summed E-state index contributed by atoms with van der Waals surface area (Å²) < 4.78 is 138. The third-order valence-electron chi connectivity index (χ3n) is 6.86. The fourth-order valence-corrected chi connectivity index (χ4v) is 13.6. The summed E-state index contributed by atoms with van der Waals surface area (Å²) >= 11 is 0. The third-order valence-corrected chi connectivity index (χ3v) is 15.8. The van der Waals surface area contributed by atoms with E-state index in [0.29, 0.717) is 16.7 Å². The van der Waals surface area contributed by atoms with E-state index in [2.05, 4.69) is 0 Å². The van der Waals surface area contributed by atoms with Crippen molar-refractivity contribution in [2.24, 2.45) is 0 Å². The van der Waals surface area contributed by atoms with Gasteiger partial charge >= 0.3 is 31.1 Å². The average Bonchev–Trinajstić information content (AvgIpc) is 2.90. The van der Waals surface area contributed by atoms with E-state index < -0.39 is 44.4 Å². The number of halogens is 6. The van der Waals surface area contributed by atoms with Crippen LogP contribution in [0.25, 0.3) is 0 Å². The van der Waals surface area contributed by atoms with Gasteiger partial charge in [0.2, 0.25) is 0 Å². The Balaban J connectivity index is 2.72. The first-order valence-electron chi connectivity index (χ1n) is 13.2. The summed E-state index contributed by atoms with van der Waals surface area (Å²) in [5.41, 5.74) is -10.9. The lowest BCUT2D eigenvalue weighted by Gasteiger charge is -2.47. The molecule has 3 rings (SSSR count). The van der Waals surface area contributed by atoms with Crippen LogP contribution in [0.2, 0.25) is 0 Å². The molecule has 3 aromatic rings. The van der Waals surface area contributed by atoms with E-state index in [4.69, 9.17) is 0 Å². The molecule has 5 nitrogen and oxygen atoms in total. The van der Waals surface area contributed by atoms with Gasteiger partial charge < -0.3 is 0 Å². The Morgan fingerprint density at radius 2 is 0.674 bits per heavy atom. The van der Waals surface area contributed by atoms with Gasteiger partial charge in [0.15, 0.2) is 0 Å². The van der Waals surface area contributed by atoms with Gasteiger partial charge in [-0.05, 0) is 74.0 Å². The first kappa shape index (κ1) is 34.9. The van der Waals surface area contributed by atoms with Crippen molar-refractivity contribution in [3.05, 3.63) is 89.5 Å². The predicted octanol–water partition coefficient (Wildman–Crippen LogP) is 9.25. The molecular weight excluding hydrogens is 637 g/mol. The SMILES string of the molecule is CC(C)c1ccc(S(c2ccc(C(C)C)cc2)(c2ccc(C(C)C)cc2)N(S(=O)(=O)C(F)(F)F)S(=O)(=O)C(F)(F)F)cc1. The molecule has 0 aromatic heterocycles. The van der Waals surface area contributed by atoms with Crippen LogP contribution in [0, 0.1) is 0 Å². The summed E-state index contributed by atoms with van der Waals surface area (Å²) in [7, 11) is -19.0. The van der Waals surface area contributed by atoms with Crippen molar-refractivity contribution in [3.8, 4) is 0 Å². The van der Waals surface area contributed by atoms with Crippen molar-refractivity contribution in [2.45, 2.75) is 85.0 Å². The standard InChI is InChI=1S/C29H33F6NO4S3/c1-19(2)22-7-13-25(14-8-22)41(26-15-9-23(10-16-26)20(3)4,27-17-11-24(12-18-27)21(5)6)36(42(37,38)28(30,31)32)43(39,40)29(33,34)35/h7-21H,1-6H3. The maximum Gasteiger partial charge on any atom is 0.513 e. The molecule has 0 aliphatic rings. The Morgan fingerprint density at radius 3 is 0.837 bits per heavy atom. The molecule has 0 aliphatic heterocycles. The van der Waals surface area contributed by atoms with Gasteiger partial charge in [-0.1, -0.05) is 88.2 Å². The number of alkyl halides is 6. The van der Waals surface area contributed by atoms with Gasteiger partial charge in [0.25, 0.3) is 0 Å². The average molecular weight is 670 g/mol. The maximum atomic E-state index is 14.3. The predicted molar refractivity (Wildman–Crippen MR) is 156 cm³/mol. The molecule has 238 valence electrons. The van der Waals surface area contributed by atoms with Crippen LogP contribution in [0.3, 0.4) is 0 Å². The zero-order valence-corrected chi connectivity index (χ0v) is 26.7. The summed E-state index contributed by atoms with van der Waals surface area (Å²) in [5, 5.41) is 0. The molecule has 14 heteroatoms. The summed E-state index contributed by atoms with van der Waals surface area (Å²) in [4.78, 5) is -1.06. The molecule has 3 aromatic carbocycles. The van der Waals surface area contributed by atoms with E-state index in [1.54, 1.807) is 41.5 Å². The third kappa shape index (κ3) is 6.34. The van der Waals surface area contributed by atoms with Crippen LogP contribution in [0.15, 0.2) is 87.5 Å². The Morgan fingerprint density at radius 1 is 0.465 bits per heavy atom. The second-order valence-corrected chi connectivity index (χ2v) is 18.0. The van der Waals surface area contributed by atoms with Crippen LogP contribution in [0.1, 0.15) is 76.0 Å². The summed E-state index contributed by atoms with van der Waals surface area (Å²) in [6.45, 7) is 10.8. The van der Waals surface area contributed by atoms with Gasteiger partial charge in [-0.15, -0.1) is 0 Å². The number of sulfonamides is 2. The van der Waals surface area contributed by atoms with Crippen molar-refractivity contribution in [2.75, 3.05) is 0 Å². The van der Waals surface area contributed by atoms with E-state index in [1.807, 2.05) is 0 Å². The molecule has 0 radical (unpaired) electrons. The van der Waals surface area contributed by atoms with Crippen molar-refractivity contribution >= 4 is 30.3 Å². The van der Waals surface area contributed by atoms with Gasteiger partial charge in [-0.3, -0.25) is 0 Å². The van der Waals surface area contributed by atoms with Crippen LogP contribution in [-0.4, -0.2) is 31.0 Å². The second-order valence-electron chi connectivity index (χ2n) is 10.8. The molecule has 0 N–H and O–H groups in total. The molecule has 0 heterocycles. The topological polar surface area (TPSA) is 71.5 Å². The smallest absolute Gasteiger partial charge is 0.201 e. The Hall–Kier alpha value is -2.55. The number of nitrogens with zero attached hydrogens (tertiary/aromatic N) is 1. The van der Waals surface area contributed by atoms with Crippen molar-refractivity contribution in [1.29, 1.82) is 0 Å². The Labute approximate surface area is 250 Å². The largest absolute Gasteiger partial charge is 0.513 e. The number of rotatable bonds is 9. The highest BCUT2D eigenvalue weighted by molar-refractivity contribution is 8.41. The second kappa shape index (κ2) is 12.1. The van der Waals surface area contributed by atoms with Crippen molar-refractivity contribution in [3.63, 3.8) is 0 Å². The molecule has 0 unspecified atom stereocenters. The molecule has 0 saturated carbocycles. The highest BCUT2D eigenvalue weighted by atomic mass is 32.4. The summed E-state index contributed by atoms with van der Waals surface area (Å²) in [6.07, 6.45) is 0. The van der Waals surface area contributed by atoms with Crippen molar-refractivity contribution in [1.82, 2.24) is 3.12 Å². The zero-order chi connectivity index (χ0) is 32.8. The molecule has 0 saturated heterocycles. The lowest BCUT2D eigenvalue weighted by atomic mass is 10.0. The van der Waals surface area contributed by atoms with E-state index in [0.717, 1.165) is 0 Å². The zero-order valence-electron chi connectivity index (χ0n) is 24.2. The quantitative estimate of drug-likeness (QED) is 0.213. The van der Waals surface area contributed by atoms with E-state index >= 15 is 0 Å². The van der Waals surface area contributed by atoms with Gasteiger partial charge in [-0.2, -0.15) is 26.3 Å². The summed E-state index contributed by atoms with van der Waals surface area (Å²) in [5.74, 6) is -0.325. The minimum atomic E-state index is -7.20. The minimum absolute atomic E-state index is 0.108. The summed E-state index contributed by atoms with van der Waals surface area (Å²) in [6, 6.07) is 15.8. The first-order chi connectivity index (χ1) is 19.6. The van der Waals surface area contributed by atoms with Gasteiger partial charge in [0, 0.05) is 14.7 Å². The molecule has 43 heavy (non-hydrogen) atoms. The minimum Gasteiger partial charge on any atom is -0.201 e. The van der Waals surface area contributed by atoms with Crippen LogP contribution < -0.4 is 0 Å². The van der Waals surface area contributed by atoms with Crippen LogP contribution in [0.4, 0.5) is 26.3 Å². The van der Waals surface area contributed by atoms with Crippen molar-refractivity contribution < 1.29 is 43.2 Å². The van der Waals surface area contributed by atoms with Gasteiger partial charge in [0.05, 0.1) is 0 Å². The fourth-order valence-electron chi connectivity index (χ4n) is 4.41. The first-order valence-corrected chi connectivity index (χ1v) is 17.6. The van der Waals surface area contributed by atoms with Crippen LogP contribution in [-0.2, 0) is 20.0 Å². The normalized spacial score (nSPS) is 14.2. The molecule has 0 bridgehead atoms. The lowest BCUT2D eigenvalue weighted by Crippen LogP contribution is -2.50. The van der Waals surface area contributed by atoms with Crippen LogP contribution >= 0.6 is 10.2 Å². The highest BCUT2D eigenvalue weighted by Gasteiger charge is 2.67. The Bertz CT molecular complexity index is 1460. The molecule has 0 amide bonds. The van der Waals surface area contributed by atoms with Gasteiger partial charge in [-0.25, -0.2) is 16.8 Å². The fraction of sp³-hybridized carbons (Fsp3) is 0.379. The number of hydrogen-bond donors (Lipinski definition) is 0. The maximum absolute atomic E-state index is 14.3. The highest BCUT2D eigenvalue weighted by Crippen LogP contribution is 2.74. The lowest BCUT2D eigenvalue weighted by molar-refractivity contribution is -0.0505. The Kier molecular flexibility index (Phi) is 9.82. The van der Waals surface area contributed by atoms with Gasteiger partial charge in [0.1, 0.15) is 0 Å². The number of hydrogen-bond acceptors (Lipinski definition) is 4. The molecular formula is C29H33F6NO4S3.